The average Bonchev–Trinajstić information content (AvgIpc) is 2.93. The predicted octanol–water partition coefficient (Wildman–Crippen LogP) is 4.45. The van der Waals surface area contributed by atoms with Gasteiger partial charge in [-0.1, -0.05) is 30.3 Å². The Morgan fingerprint density at radius 1 is 0.750 bits per heavy atom. The molecule has 0 unspecified atom stereocenters. The molecule has 4 rings (SSSR count). The molecule has 8 nitrogen and oxygen atoms in total. The number of anilines is 2. The monoisotopic (exact) mass is 487 g/mol. The lowest BCUT2D eigenvalue weighted by Gasteiger charge is -2.31. The zero-order valence-electron chi connectivity index (χ0n) is 20.3. The van der Waals surface area contributed by atoms with Gasteiger partial charge in [-0.2, -0.15) is 0 Å². The predicted molar refractivity (Wildman–Crippen MR) is 138 cm³/mol. The lowest BCUT2D eigenvalue weighted by atomic mass is 9.95. The van der Waals surface area contributed by atoms with E-state index in [2.05, 4.69) is 10.6 Å². The molecule has 1 aliphatic rings. The molecule has 3 amide bonds. The second kappa shape index (κ2) is 11.4. The van der Waals surface area contributed by atoms with Gasteiger partial charge in [0.15, 0.2) is 0 Å². The third-order valence-electron chi connectivity index (χ3n) is 6.22. The molecule has 2 N–H and O–H groups in total. The van der Waals surface area contributed by atoms with E-state index in [1.54, 1.807) is 85.8 Å². The summed E-state index contributed by atoms with van der Waals surface area (Å²) >= 11 is 0. The topological polar surface area (TPSA) is 97.0 Å². The minimum atomic E-state index is -0.252. The first-order valence-electron chi connectivity index (χ1n) is 11.8. The highest BCUT2D eigenvalue weighted by atomic mass is 16.5. The molecule has 8 heteroatoms. The molecule has 1 saturated heterocycles. The van der Waals surface area contributed by atoms with Crippen molar-refractivity contribution in [3.05, 3.63) is 83.9 Å². The quantitative estimate of drug-likeness (QED) is 0.513. The summed E-state index contributed by atoms with van der Waals surface area (Å²) in [6.07, 6.45) is 1.08. The van der Waals surface area contributed by atoms with E-state index < -0.39 is 0 Å². The largest absolute Gasteiger partial charge is 0.497 e. The normalized spacial score (nSPS) is 13.6. The molecule has 0 atom stereocenters. The van der Waals surface area contributed by atoms with E-state index in [0.29, 0.717) is 59.9 Å². The standard InChI is InChI=1S/C28H29N3O5/c1-35-22-16-21(17-23(18-22)36-2)28(34)31-14-12-20(13-15-31)27(33)30-25-11-7-6-10-24(25)29-26(32)19-8-4-3-5-9-19/h3-11,16-18,20H,12-15H2,1-2H3,(H,29,32)(H,30,33). The molecule has 0 radical (unpaired) electrons. The van der Waals surface area contributed by atoms with Gasteiger partial charge >= 0.3 is 0 Å². The SMILES string of the molecule is COc1cc(OC)cc(C(=O)N2CCC(C(=O)Nc3ccccc3NC(=O)c3ccccc3)CC2)c1. The number of rotatable bonds is 7. The molecule has 1 aliphatic heterocycles. The third-order valence-corrected chi connectivity index (χ3v) is 6.22. The van der Waals surface area contributed by atoms with Gasteiger partial charge in [0.2, 0.25) is 5.91 Å². The van der Waals surface area contributed by atoms with Gasteiger partial charge in [0, 0.05) is 36.2 Å². The van der Waals surface area contributed by atoms with Crippen LogP contribution in [0, 0.1) is 5.92 Å². The number of methoxy groups -OCH3 is 2. The van der Waals surface area contributed by atoms with Crippen molar-refractivity contribution in [3.8, 4) is 11.5 Å². The van der Waals surface area contributed by atoms with E-state index >= 15 is 0 Å². The summed E-state index contributed by atoms with van der Waals surface area (Å²) in [6, 6.07) is 21.1. The number of likely N-dealkylation sites (tertiary alicyclic amines) is 1. The third kappa shape index (κ3) is 5.83. The van der Waals surface area contributed by atoms with Crippen molar-refractivity contribution in [1.82, 2.24) is 4.90 Å². The molecular weight excluding hydrogens is 458 g/mol. The van der Waals surface area contributed by atoms with Crippen LogP contribution in [0.15, 0.2) is 72.8 Å². The highest BCUT2D eigenvalue weighted by Crippen LogP contribution is 2.27. The number of benzene rings is 3. The molecule has 3 aromatic rings. The summed E-state index contributed by atoms with van der Waals surface area (Å²) in [5.41, 5.74) is 2.08. The maximum atomic E-state index is 13.0. The van der Waals surface area contributed by atoms with Crippen LogP contribution in [0.25, 0.3) is 0 Å². The van der Waals surface area contributed by atoms with Crippen LogP contribution in [0.1, 0.15) is 33.6 Å². The second-order valence-electron chi connectivity index (χ2n) is 8.52. The van der Waals surface area contributed by atoms with Gasteiger partial charge in [-0.25, -0.2) is 0 Å². The summed E-state index contributed by atoms with van der Waals surface area (Å²) in [4.78, 5) is 40.4. The van der Waals surface area contributed by atoms with Gasteiger partial charge in [-0.15, -0.1) is 0 Å². The second-order valence-corrected chi connectivity index (χ2v) is 8.52. The number of para-hydroxylation sites is 2. The number of hydrogen-bond donors (Lipinski definition) is 2. The van der Waals surface area contributed by atoms with Crippen LogP contribution >= 0.6 is 0 Å². The molecular formula is C28H29N3O5. The summed E-state index contributed by atoms with van der Waals surface area (Å²) in [7, 11) is 3.08. The van der Waals surface area contributed by atoms with Crippen molar-refractivity contribution in [2.24, 2.45) is 5.92 Å². The first kappa shape index (κ1) is 24.8. The number of nitrogens with zero attached hydrogens (tertiary/aromatic N) is 1. The van der Waals surface area contributed by atoms with Crippen LogP contribution in [0.4, 0.5) is 11.4 Å². The van der Waals surface area contributed by atoms with Crippen molar-refractivity contribution < 1.29 is 23.9 Å². The van der Waals surface area contributed by atoms with E-state index in [-0.39, 0.29) is 23.6 Å². The van der Waals surface area contributed by atoms with Crippen LogP contribution in [-0.2, 0) is 4.79 Å². The lowest BCUT2D eigenvalue weighted by molar-refractivity contribution is -0.121. The Balaban J connectivity index is 1.37. The Morgan fingerprint density at radius 2 is 1.31 bits per heavy atom. The van der Waals surface area contributed by atoms with Crippen LogP contribution < -0.4 is 20.1 Å². The Hall–Kier alpha value is -4.33. The molecule has 186 valence electrons. The molecule has 0 bridgehead atoms. The summed E-state index contributed by atoms with van der Waals surface area (Å²) in [6.45, 7) is 0.922. The zero-order chi connectivity index (χ0) is 25.5. The maximum Gasteiger partial charge on any atom is 0.255 e. The molecule has 0 spiro atoms. The fourth-order valence-corrected chi connectivity index (χ4v) is 4.18. The molecule has 36 heavy (non-hydrogen) atoms. The molecule has 1 heterocycles. The van der Waals surface area contributed by atoms with Crippen molar-refractivity contribution in [2.75, 3.05) is 37.9 Å². The Kier molecular flexibility index (Phi) is 7.85. The van der Waals surface area contributed by atoms with Gasteiger partial charge in [0.05, 0.1) is 25.6 Å². The van der Waals surface area contributed by atoms with E-state index in [1.807, 2.05) is 6.07 Å². The van der Waals surface area contributed by atoms with E-state index in [0.717, 1.165) is 0 Å². The fraction of sp³-hybridized carbons (Fsp3) is 0.250. The number of hydrogen-bond acceptors (Lipinski definition) is 5. The smallest absolute Gasteiger partial charge is 0.255 e. The number of carbonyl (C=O) groups excluding carboxylic acids is 3. The summed E-state index contributed by atoms with van der Waals surface area (Å²) in [5, 5.41) is 5.82. The number of ether oxygens (including phenoxy) is 2. The van der Waals surface area contributed by atoms with E-state index in [4.69, 9.17) is 9.47 Å². The molecule has 1 fully saturated rings. The maximum absolute atomic E-state index is 13.0. The summed E-state index contributed by atoms with van der Waals surface area (Å²) < 4.78 is 10.5. The Bertz CT molecular complexity index is 1210. The van der Waals surface area contributed by atoms with Crippen molar-refractivity contribution >= 4 is 29.1 Å². The van der Waals surface area contributed by atoms with Gasteiger partial charge in [0.1, 0.15) is 11.5 Å². The Morgan fingerprint density at radius 3 is 1.89 bits per heavy atom. The average molecular weight is 488 g/mol. The van der Waals surface area contributed by atoms with Crippen molar-refractivity contribution in [2.45, 2.75) is 12.8 Å². The molecule has 3 aromatic carbocycles. The molecule has 0 aliphatic carbocycles. The fourth-order valence-electron chi connectivity index (χ4n) is 4.18. The minimum absolute atomic E-state index is 0.125. The lowest BCUT2D eigenvalue weighted by Crippen LogP contribution is -2.41. The van der Waals surface area contributed by atoms with Crippen molar-refractivity contribution in [1.29, 1.82) is 0 Å². The van der Waals surface area contributed by atoms with Gasteiger partial charge in [-0.3, -0.25) is 14.4 Å². The first-order chi connectivity index (χ1) is 17.5. The van der Waals surface area contributed by atoms with Crippen molar-refractivity contribution in [3.63, 3.8) is 0 Å². The van der Waals surface area contributed by atoms with E-state index in [9.17, 15) is 14.4 Å². The van der Waals surface area contributed by atoms with Crippen LogP contribution in [-0.4, -0.2) is 49.9 Å². The molecule has 0 saturated carbocycles. The van der Waals surface area contributed by atoms with Crippen LogP contribution in [0.5, 0.6) is 11.5 Å². The van der Waals surface area contributed by atoms with Gasteiger partial charge in [-0.05, 0) is 49.2 Å². The zero-order valence-corrected chi connectivity index (χ0v) is 20.3. The minimum Gasteiger partial charge on any atom is -0.497 e. The highest BCUT2D eigenvalue weighted by molar-refractivity contribution is 6.07. The molecule has 0 aromatic heterocycles. The Labute approximate surface area is 210 Å². The summed E-state index contributed by atoms with van der Waals surface area (Å²) in [5.74, 6) is 0.339. The number of piperidine rings is 1. The van der Waals surface area contributed by atoms with Crippen LogP contribution in [0.3, 0.4) is 0 Å². The number of amides is 3. The van der Waals surface area contributed by atoms with E-state index in [1.165, 1.54) is 0 Å². The number of nitrogens with one attached hydrogen (secondary N) is 2. The van der Waals surface area contributed by atoms with Gasteiger partial charge in [0.25, 0.3) is 11.8 Å². The first-order valence-corrected chi connectivity index (χ1v) is 11.8. The highest BCUT2D eigenvalue weighted by Gasteiger charge is 2.28. The van der Waals surface area contributed by atoms with Gasteiger partial charge < -0.3 is 25.0 Å². The van der Waals surface area contributed by atoms with Crippen LogP contribution in [0.2, 0.25) is 0 Å². The number of carbonyl (C=O) groups is 3.